The van der Waals surface area contributed by atoms with Crippen LogP contribution in [-0.2, 0) is 16.1 Å². The van der Waals surface area contributed by atoms with Crippen molar-refractivity contribution in [2.75, 3.05) is 20.2 Å². The van der Waals surface area contributed by atoms with Crippen molar-refractivity contribution in [1.29, 1.82) is 0 Å². The molecule has 5 nitrogen and oxygen atoms in total. The summed E-state index contributed by atoms with van der Waals surface area (Å²) in [6, 6.07) is 9.55. The van der Waals surface area contributed by atoms with E-state index in [1.54, 1.807) is 0 Å². The van der Waals surface area contributed by atoms with Crippen LogP contribution in [0.2, 0.25) is 0 Å². The topological polar surface area (TPSA) is 78.8 Å². The zero-order chi connectivity index (χ0) is 13.6. The summed E-state index contributed by atoms with van der Waals surface area (Å²) in [7, 11) is 1.00. The van der Waals surface area contributed by atoms with Crippen molar-refractivity contribution in [2.24, 2.45) is 0 Å². The number of hydrogen-bond acceptors (Lipinski definition) is 5. The van der Waals surface area contributed by atoms with Crippen LogP contribution >= 0.6 is 0 Å². The molecule has 1 aromatic carbocycles. The number of carbonyl (C=O) groups excluding carboxylic acids is 1. The molecule has 2 rings (SSSR count). The Morgan fingerprint density at radius 3 is 2.44 bits per heavy atom. The highest BCUT2D eigenvalue weighted by molar-refractivity contribution is 5.37. The Bertz CT molecular complexity index is 286. The van der Waals surface area contributed by atoms with Crippen LogP contribution in [0.3, 0.4) is 0 Å². The summed E-state index contributed by atoms with van der Waals surface area (Å²) in [4.78, 5) is 9.76. The molecule has 0 radical (unpaired) electrons. The lowest BCUT2D eigenvalue weighted by molar-refractivity contribution is -0.129. The monoisotopic (exact) mass is 255 g/mol. The third-order valence-electron chi connectivity index (χ3n) is 2.20. The second-order valence-electron chi connectivity index (χ2n) is 3.54. The maximum absolute atomic E-state index is 9.76. The lowest BCUT2D eigenvalue weighted by Crippen LogP contribution is -2.11. The van der Waals surface area contributed by atoms with Gasteiger partial charge in [0.25, 0.3) is 6.47 Å². The molecule has 0 spiro atoms. The number of hydrogen-bond donors (Lipinski definition) is 3. The number of benzene rings is 1. The minimum Gasteiger partial charge on any atom is -0.463 e. The van der Waals surface area contributed by atoms with Gasteiger partial charge in [-0.05, 0) is 18.5 Å². The summed E-state index contributed by atoms with van der Waals surface area (Å²) in [5.74, 6) is 0. The van der Waals surface area contributed by atoms with Gasteiger partial charge in [0, 0.05) is 13.7 Å². The van der Waals surface area contributed by atoms with Gasteiger partial charge >= 0.3 is 0 Å². The molecule has 1 heterocycles. The van der Waals surface area contributed by atoms with E-state index in [9.17, 15) is 4.79 Å². The first kappa shape index (κ1) is 16.6. The van der Waals surface area contributed by atoms with E-state index in [1.165, 1.54) is 0 Å². The molecule has 1 atom stereocenters. The summed E-state index contributed by atoms with van der Waals surface area (Å²) in [6.07, 6.45) is 0.866. The summed E-state index contributed by atoms with van der Waals surface area (Å²) in [6.45, 7) is 2.60. The quantitative estimate of drug-likeness (QED) is 0.677. The summed E-state index contributed by atoms with van der Waals surface area (Å²) in [5, 5.41) is 18.7. The summed E-state index contributed by atoms with van der Waals surface area (Å²) in [5.41, 5.74) is 1.01. The fourth-order valence-electron chi connectivity index (χ4n) is 1.34. The Hall–Kier alpha value is -1.43. The molecule has 0 aliphatic carbocycles. The van der Waals surface area contributed by atoms with E-state index in [4.69, 9.17) is 10.2 Å². The van der Waals surface area contributed by atoms with Gasteiger partial charge in [0.15, 0.2) is 0 Å². The average Bonchev–Trinajstić information content (AvgIpc) is 2.92. The number of nitrogens with one attached hydrogen (secondary N) is 1. The molecule has 1 aromatic rings. The zero-order valence-electron chi connectivity index (χ0n) is 10.6. The Morgan fingerprint density at radius 1 is 1.39 bits per heavy atom. The van der Waals surface area contributed by atoms with Crippen LogP contribution in [-0.4, -0.2) is 43.0 Å². The third-order valence-corrected chi connectivity index (χ3v) is 2.20. The molecule has 0 saturated carbocycles. The van der Waals surface area contributed by atoms with Crippen LogP contribution in [0.1, 0.15) is 12.0 Å². The Morgan fingerprint density at radius 2 is 2.06 bits per heavy atom. The zero-order valence-corrected chi connectivity index (χ0v) is 10.6. The fourth-order valence-corrected chi connectivity index (χ4v) is 1.34. The van der Waals surface area contributed by atoms with Gasteiger partial charge in [-0.15, -0.1) is 0 Å². The van der Waals surface area contributed by atoms with E-state index < -0.39 is 0 Å². The van der Waals surface area contributed by atoms with Gasteiger partial charge in [-0.25, -0.2) is 0 Å². The number of β-amino-alcohol motifs (C(OH)–C–C–N with tert-alkyl or cyclic N) is 1. The van der Waals surface area contributed by atoms with E-state index in [0.717, 1.165) is 32.2 Å². The molecular formula is C13H21NO4. The first-order chi connectivity index (χ1) is 8.83. The average molecular weight is 255 g/mol. The van der Waals surface area contributed by atoms with Gasteiger partial charge in [0.2, 0.25) is 0 Å². The van der Waals surface area contributed by atoms with Crippen LogP contribution in [0.4, 0.5) is 0 Å². The maximum atomic E-state index is 9.76. The molecule has 1 aliphatic heterocycles. The Labute approximate surface area is 107 Å². The van der Waals surface area contributed by atoms with Gasteiger partial charge in [0.1, 0.15) is 6.61 Å². The van der Waals surface area contributed by atoms with E-state index >= 15 is 0 Å². The smallest absolute Gasteiger partial charge is 0.293 e. The SMILES string of the molecule is CO.O=COCc1ccccc1.OC1CCNC1. The lowest BCUT2D eigenvalue weighted by Gasteiger charge is -1.95. The second kappa shape index (κ2) is 12.0. The van der Waals surface area contributed by atoms with Crippen LogP contribution in [0.15, 0.2) is 30.3 Å². The number of aliphatic hydroxyl groups excluding tert-OH is 2. The van der Waals surface area contributed by atoms with Gasteiger partial charge in [0.05, 0.1) is 6.10 Å². The minimum absolute atomic E-state index is 0.0648. The predicted octanol–water partition coefficient (Wildman–Crippen LogP) is 0.309. The van der Waals surface area contributed by atoms with Crippen LogP contribution in [0, 0.1) is 0 Å². The minimum atomic E-state index is -0.0648. The van der Waals surface area contributed by atoms with E-state index in [-0.39, 0.29) is 6.10 Å². The fraction of sp³-hybridized carbons (Fsp3) is 0.462. The van der Waals surface area contributed by atoms with Crippen molar-refractivity contribution >= 4 is 6.47 Å². The van der Waals surface area contributed by atoms with Crippen molar-refractivity contribution < 1.29 is 19.7 Å². The van der Waals surface area contributed by atoms with Crippen LogP contribution in [0.25, 0.3) is 0 Å². The molecule has 18 heavy (non-hydrogen) atoms. The molecule has 1 fully saturated rings. The van der Waals surface area contributed by atoms with Gasteiger partial charge in [-0.2, -0.15) is 0 Å². The highest BCUT2D eigenvalue weighted by atomic mass is 16.5. The highest BCUT2D eigenvalue weighted by Crippen LogP contribution is 1.98. The summed E-state index contributed by atoms with van der Waals surface area (Å²) >= 11 is 0. The molecule has 0 amide bonds. The van der Waals surface area contributed by atoms with Crippen LogP contribution < -0.4 is 5.32 Å². The van der Waals surface area contributed by atoms with E-state index in [1.807, 2.05) is 30.3 Å². The van der Waals surface area contributed by atoms with Gasteiger partial charge in [-0.3, -0.25) is 4.79 Å². The molecule has 102 valence electrons. The molecule has 1 aliphatic rings. The largest absolute Gasteiger partial charge is 0.463 e. The maximum Gasteiger partial charge on any atom is 0.293 e. The molecule has 0 aromatic heterocycles. The number of rotatable bonds is 3. The van der Waals surface area contributed by atoms with Gasteiger partial charge in [-0.1, -0.05) is 30.3 Å². The Balaban J connectivity index is 0.000000308. The number of ether oxygens (including phenoxy) is 1. The van der Waals surface area contributed by atoms with Crippen molar-refractivity contribution in [3.05, 3.63) is 35.9 Å². The normalized spacial score (nSPS) is 16.7. The molecule has 1 unspecified atom stereocenters. The van der Waals surface area contributed by atoms with Crippen molar-refractivity contribution in [2.45, 2.75) is 19.1 Å². The first-order valence-corrected chi connectivity index (χ1v) is 5.75. The molecule has 0 bridgehead atoms. The van der Waals surface area contributed by atoms with Crippen molar-refractivity contribution in [3.63, 3.8) is 0 Å². The molecular weight excluding hydrogens is 234 g/mol. The predicted molar refractivity (Wildman–Crippen MR) is 68.9 cm³/mol. The van der Waals surface area contributed by atoms with Gasteiger partial charge < -0.3 is 20.3 Å². The molecule has 1 saturated heterocycles. The summed E-state index contributed by atoms with van der Waals surface area (Å²) < 4.78 is 4.54. The standard InChI is InChI=1S/C8H8O2.C4H9NO.CH4O/c9-7-10-6-8-4-2-1-3-5-8;6-4-1-2-5-3-4;1-2/h1-5,7H,6H2;4-6H,1-3H2;2H,1H3. The lowest BCUT2D eigenvalue weighted by atomic mass is 10.2. The van der Waals surface area contributed by atoms with E-state index in [2.05, 4.69) is 10.1 Å². The second-order valence-corrected chi connectivity index (χ2v) is 3.54. The Kier molecular flexibility index (Phi) is 11.1. The number of carbonyl (C=O) groups is 1. The van der Waals surface area contributed by atoms with Crippen molar-refractivity contribution in [3.8, 4) is 0 Å². The molecule has 5 heteroatoms. The van der Waals surface area contributed by atoms with Crippen molar-refractivity contribution in [1.82, 2.24) is 5.32 Å². The number of aliphatic hydroxyl groups is 2. The first-order valence-electron chi connectivity index (χ1n) is 5.75. The van der Waals surface area contributed by atoms with Crippen LogP contribution in [0.5, 0.6) is 0 Å². The van der Waals surface area contributed by atoms with E-state index in [0.29, 0.717) is 13.1 Å². The highest BCUT2D eigenvalue weighted by Gasteiger charge is 2.08. The third kappa shape index (κ3) is 8.69. The molecule has 3 N–H and O–H groups in total.